The zero-order valence-electron chi connectivity index (χ0n) is 64.3. The molecule has 0 aliphatic heterocycles. The van der Waals surface area contributed by atoms with Crippen LogP contribution in [0.1, 0.15) is 408 Å². The standard InChI is InChI=1S/C79H154O17P2/c1-8-9-10-11-12-13-14-15-17-21-26-31-39-46-53-60-76(81)89-66-74(95-78(83)62-55-48-41-32-27-22-19-16-18-20-24-29-36-43-50-57-70(2)3)68-93-97(85,86)91-64-73(80)65-92-98(87,88)94-69-75(67-90-77(82)61-54-47-40-35-34-38-45-52-59-72(6)7)96-79(84)63-56-49-42-33-28-23-25-30-37-44-51-58-71(4)5/h70-75,80H,8-69H2,1-7H3,(H,85,86)(H,87,88)/t73-,74-,75-/m1/s1. The van der Waals surface area contributed by atoms with Crippen LogP contribution < -0.4 is 0 Å². The fraction of sp³-hybridized carbons (Fsp3) is 0.949. The minimum Gasteiger partial charge on any atom is -0.462 e. The van der Waals surface area contributed by atoms with Crippen LogP contribution in [0.3, 0.4) is 0 Å². The summed E-state index contributed by atoms with van der Waals surface area (Å²) in [7, 11) is -9.92. The van der Waals surface area contributed by atoms with Crippen LogP contribution in [0, 0.1) is 17.8 Å². The minimum atomic E-state index is -4.96. The molecule has 0 amide bonds. The molecule has 5 atom stereocenters. The lowest BCUT2D eigenvalue weighted by Crippen LogP contribution is -2.30. The highest BCUT2D eigenvalue weighted by molar-refractivity contribution is 7.47. The van der Waals surface area contributed by atoms with Gasteiger partial charge in [0.1, 0.15) is 19.3 Å². The van der Waals surface area contributed by atoms with Gasteiger partial charge in [0.05, 0.1) is 26.4 Å². The predicted molar refractivity (Wildman–Crippen MR) is 400 cm³/mol. The van der Waals surface area contributed by atoms with E-state index >= 15 is 0 Å². The lowest BCUT2D eigenvalue weighted by Gasteiger charge is -2.21. The summed E-state index contributed by atoms with van der Waals surface area (Å²) in [5.41, 5.74) is 0. The maximum Gasteiger partial charge on any atom is 0.472 e. The Bertz CT molecular complexity index is 1900. The average Bonchev–Trinajstić information content (AvgIpc) is 0.996. The molecular weight excluding hydrogens is 1280 g/mol. The molecular formula is C79H154O17P2. The molecule has 98 heavy (non-hydrogen) atoms. The van der Waals surface area contributed by atoms with Crippen molar-refractivity contribution < 1.29 is 80.2 Å². The SMILES string of the molecule is CCCCCCCCCCCCCCCCCC(=O)OC[C@H](COP(=O)(O)OC[C@@H](O)COP(=O)(O)OC[C@@H](COC(=O)CCCCCCCCCCC(C)C)OC(=O)CCCCCCCCCCCCCC(C)C)OC(=O)CCCCCCCCCCCCCCCCCC(C)C. The van der Waals surface area contributed by atoms with Crippen molar-refractivity contribution in [2.24, 2.45) is 17.8 Å². The first-order valence-corrected chi connectivity index (χ1v) is 43.8. The zero-order valence-corrected chi connectivity index (χ0v) is 66.0. The number of aliphatic hydroxyl groups excluding tert-OH is 1. The molecule has 582 valence electrons. The highest BCUT2D eigenvalue weighted by Gasteiger charge is 2.30. The van der Waals surface area contributed by atoms with Gasteiger partial charge in [-0.25, -0.2) is 9.13 Å². The molecule has 2 unspecified atom stereocenters. The molecule has 0 aromatic rings. The van der Waals surface area contributed by atoms with Crippen molar-refractivity contribution >= 4 is 39.5 Å². The molecule has 0 heterocycles. The number of hydrogen-bond acceptors (Lipinski definition) is 15. The monoisotopic (exact) mass is 1440 g/mol. The number of phosphoric ester groups is 2. The van der Waals surface area contributed by atoms with Gasteiger partial charge in [-0.15, -0.1) is 0 Å². The van der Waals surface area contributed by atoms with Crippen LogP contribution in [0.4, 0.5) is 0 Å². The third-order valence-corrected chi connectivity index (χ3v) is 20.3. The topological polar surface area (TPSA) is 237 Å². The summed E-state index contributed by atoms with van der Waals surface area (Å²) in [5.74, 6) is 0.181. The van der Waals surface area contributed by atoms with Gasteiger partial charge in [-0.3, -0.25) is 37.3 Å². The first kappa shape index (κ1) is 96.1. The summed E-state index contributed by atoms with van der Waals surface area (Å²) in [4.78, 5) is 73.0. The van der Waals surface area contributed by atoms with E-state index < -0.39 is 97.5 Å². The molecule has 0 bridgehead atoms. The maximum atomic E-state index is 13.1. The van der Waals surface area contributed by atoms with Crippen LogP contribution in [-0.2, 0) is 65.4 Å². The summed E-state index contributed by atoms with van der Waals surface area (Å²) in [5, 5.41) is 10.6. The van der Waals surface area contributed by atoms with E-state index in [1.807, 2.05) is 0 Å². The Morgan fingerprint density at radius 2 is 0.469 bits per heavy atom. The van der Waals surface area contributed by atoms with E-state index in [-0.39, 0.29) is 25.7 Å². The van der Waals surface area contributed by atoms with Gasteiger partial charge in [-0.2, -0.15) is 0 Å². The van der Waals surface area contributed by atoms with E-state index in [2.05, 4.69) is 48.5 Å². The third kappa shape index (κ3) is 72.4. The Labute approximate surface area is 600 Å². The highest BCUT2D eigenvalue weighted by atomic mass is 31.2. The molecule has 0 radical (unpaired) electrons. The summed E-state index contributed by atoms with van der Waals surface area (Å²) in [6.45, 7) is 11.9. The van der Waals surface area contributed by atoms with Crippen molar-refractivity contribution in [3.8, 4) is 0 Å². The van der Waals surface area contributed by atoms with Gasteiger partial charge < -0.3 is 33.8 Å². The quantitative estimate of drug-likeness (QED) is 0.0222. The summed E-state index contributed by atoms with van der Waals surface area (Å²) in [6.07, 6.45) is 56.8. The van der Waals surface area contributed by atoms with Gasteiger partial charge in [0.15, 0.2) is 12.2 Å². The average molecular weight is 1440 g/mol. The summed E-state index contributed by atoms with van der Waals surface area (Å²) >= 11 is 0. The Morgan fingerprint density at radius 3 is 0.694 bits per heavy atom. The maximum absolute atomic E-state index is 13.1. The molecule has 0 fully saturated rings. The number of carbonyl (C=O) groups excluding carboxylic acids is 4. The van der Waals surface area contributed by atoms with Crippen molar-refractivity contribution in [3.05, 3.63) is 0 Å². The number of carbonyl (C=O) groups is 4. The summed E-state index contributed by atoms with van der Waals surface area (Å²) in [6, 6.07) is 0. The zero-order chi connectivity index (χ0) is 72.3. The van der Waals surface area contributed by atoms with E-state index in [4.69, 9.17) is 37.0 Å². The number of rotatable bonds is 77. The van der Waals surface area contributed by atoms with Crippen LogP contribution in [0.25, 0.3) is 0 Å². The number of phosphoric acid groups is 2. The van der Waals surface area contributed by atoms with Gasteiger partial charge in [-0.05, 0) is 43.4 Å². The lowest BCUT2D eigenvalue weighted by molar-refractivity contribution is -0.161. The molecule has 0 spiro atoms. The van der Waals surface area contributed by atoms with E-state index in [9.17, 15) is 43.2 Å². The molecule has 0 saturated carbocycles. The van der Waals surface area contributed by atoms with Crippen LogP contribution in [0.5, 0.6) is 0 Å². The Morgan fingerprint density at radius 1 is 0.276 bits per heavy atom. The first-order chi connectivity index (χ1) is 47.2. The largest absolute Gasteiger partial charge is 0.472 e. The number of unbranched alkanes of at least 4 members (excludes halogenated alkanes) is 45. The molecule has 0 aromatic heterocycles. The normalized spacial score (nSPS) is 14.0. The van der Waals surface area contributed by atoms with Crippen LogP contribution in [0.2, 0.25) is 0 Å². The Kier molecular flexibility index (Phi) is 68.1. The van der Waals surface area contributed by atoms with Crippen molar-refractivity contribution in [2.45, 2.75) is 426 Å². The molecule has 0 saturated heterocycles. The van der Waals surface area contributed by atoms with Crippen LogP contribution in [0.15, 0.2) is 0 Å². The second-order valence-electron chi connectivity index (χ2n) is 29.9. The molecule has 3 N–H and O–H groups in total. The van der Waals surface area contributed by atoms with E-state index in [1.54, 1.807) is 0 Å². The van der Waals surface area contributed by atoms with Crippen molar-refractivity contribution in [2.75, 3.05) is 39.6 Å². The fourth-order valence-electron chi connectivity index (χ4n) is 12.1. The van der Waals surface area contributed by atoms with Crippen molar-refractivity contribution in [1.29, 1.82) is 0 Å². The molecule has 0 rings (SSSR count). The molecule has 0 aromatic carbocycles. The second-order valence-corrected chi connectivity index (χ2v) is 32.8. The van der Waals surface area contributed by atoms with Crippen LogP contribution >= 0.6 is 15.6 Å². The van der Waals surface area contributed by atoms with E-state index in [0.717, 1.165) is 108 Å². The number of ether oxygens (including phenoxy) is 4. The molecule has 0 aliphatic carbocycles. The fourth-order valence-corrected chi connectivity index (χ4v) is 13.7. The van der Waals surface area contributed by atoms with Gasteiger partial charge in [0, 0.05) is 25.7 Å². The number of aliphatic hydroxyl groups is 1. The minimum absolute atomic E-state index is 0.106. The highest BCUT2D eigenvalue weighted by Crippen LogP contribution is 2.45. The third-order valence-electron chi connectivity index (χ3n) is 18.4. The van der Waals surface area contributed by atoms with E-state index in [1.165, 1.54) is 218 Å². The van der Waals surface area contributed by atoms with Gasteiger partial charge in [0.25, 0.3) is 0 Å². The molecule has 19 heteroatoms. The molecule has 0 aliphatic rings. The van der Waals surface area contributed by atoms with Gasteiger partial charge >= 0.3 is 39.5 Å². The van der Waals surface area contributed by atoms with Gasteiger partial charge in [0.2, 0.25) is 0 Å². The van der Waals surface area contributed by atoms with Crippen LogP contribution in [-0.4, -0.2) is 96.7 Å². The number of hydrogen-bond donors (Lipinski definition) is 3. The van der Waals surface area contributed by atoms with Gasteiger partial charge in [-0.1, -0.05) is 357 Å². The molecule has 17 nitrogen and oxygen atoms in total. The second kappa shape index (κ2) is 69.4. The number of esters is 4. The van der Waals surface area contributed by atoms with Crippen molar-refractivity contribution in [1.82, 2.24) is 0 Å². The van der Waals surface area contributed by atoms with E-state index in [0.29, 0.717) is 25.7 Å². The lowest BCUT2D eigenvalue weighted by atomic mass is 10.0. The Hall–Kier alpha value is -1.94. The predicted octanol–water partition coefficient (Wildman–Crippen LogP) is 23.4. The summed E-state index contributed by atoms with van der Waals surface area (Å²) < 4.78 is 68.7. The first-order valence-electron chi connectivity index (χ1n) is 40.8. The smallest absolute Gasteiger partial charge is 0.462 e. The Balaban J connectivity index is 5.26. The van der Waals surface area contributed by atoms with Crippen molar-refractivity contribution in [3.63, 3.8) is 0 Å².